The van der Waals surface area contributed by atoms with Gasteiger partial charge < -0.3 is 19.5 Å². The van der Waals surface area contributed by atoms with E-state index in [0.29, 0.717) is 61.3 Å². The summed E-state index contributed by atoms with van der Waals surface area (Å²) >= 11 is 1.63. The molecule has 1 unspecified atom stereocenters. The van der Waals surface area contributed by atoms with E-state index in [1.165, 1.54) is 0 Å². The number of hydrogen-bond donors (Lipinski definition) is 1. The molecule has 32 heavy (non-hydrogen) atoms. The van der Waals surface area contributed by atoms with E-state index in [9.17, 15) is 9.59 Å². The van der Waals surface area contributed by atoms with Gasteiger partial charge in [0.15, 0.2) is 0 Å². The molecule has 1 aromatic carbocycles. The Morgan fingerprint density at radius 3 is 2.25 bits per heavy atom. The van der Waals surface area contributed by atoms with E-state index in [0.717, 1.165) is 18.0 Å². The third-order valence-electron chi connectivity index (χ3n) is 5.56. The normalized spacial score (nSPS) is 19.5. The molecule has 2 aliphatic heterocycles. The van der Waals surface area contributed by atoms with Gasteiger partial charge in [0.25, 0.3) is 0 Å². The number of allylic oxidation sites excluding steroid dienone is 2. The predicted molar refractivity (Wildman–Crippen MR) is 124 cm³/mol. The van der Waals surface area contributed by atoms with Gasteiger partial charge in [-0.05, 0) is 26.0 Å². The summed E-state index contributed by atoms with van der Waals surface area (Å²) in [6.45, 7) is 9.89. The predicted octanol–water partition coefficient (Wildman–Crippen LogP) is 2.98. The first kappa shape index (κ1) is 24.4. The molecule has 0 bridgehead atoms. The van der Waals surface area contributed by atoms with Crippen molar-refractivity contribution in [2.75, 3.05) is 51.8 Å². The van der Waals surface area contributed by atoms with Crippen LogP contribution in [0.4, 0.5) is 0 Å². The van der Waals surface area contributed by atoms with Crippen molar-refractivity contribution in [3.63, 3.8) is 0 Å². The summed E-state index contributed by atoms with van der Waals surface area (Å²) in [7, 11) is 0. The van der Waals surface area contributed by atoms with Crippen LogP contribution < -0.4 is 5.32 Å². The van der Waals surface area contributed by atoms with Gasteiger partial charge in [-0.15, -0.1) is 11.8 Å². The van der Waals surface area contributed by atoms with Crippen LogP contribution in [0.1, 0.15) is 20.8 Å². The van der Waals surface area contributed by atoms with Gasteiger partial charge in [-0.25, -0.2) is 9.59 Å². The Bertz CT molecular complexity index is 862. The third-order valence-corrected chi connectivity index (χ3v) is 6.54. The average Bonchev–Trinajstić information content (AvgIpc) is 2.78. The molecule has 1 N–H and O–H groups in total. The Balaban J connectivity index is 1.51. The van der Waals surface area contributed by atoms with Crippen molar-refractivity contribution < 1.29 is 23.8 Å². The van der Waals surface area contributed by atoms with Gasteiger partial charge in [0.05, 0.1) is 24.4 Å². The Labute approximate surface area is 194 Å². The summed E-state index contributed by atoms with van der Waals surface area (Å²) in [4.78, 5) is 29.0. The van der Waals surface area contributed by atoms with E-state index in [1.807, 2.05) is 51.1 Å². The van der Waals surface area contributed by atoms with Gasteiger partial charge in [0, 0.05) is 47.6 Å². The maximum Gasteiger partial charge on any atom is 0.336 e. The Hall–Kier alpha value is -2.29. The quantitative estimate of drug-likeness (QED) is 0.342. The summed E-state index contributed by atoms with van der Waals surface area (Å²) in [5.74, 6) is -0.535. The van der Waals surface area contributed by atoms with Crippen molar-refractivity contribution in [1.82, 2.24) is 10.2 Å². The highest BCUT2D eigenvalue weighted by atomic mass is 32.2. The minimum atomic E-state index is -0.401. The van der Waals surface area contributed by atoms with Crippen LogP contribution in [-0.4, -0.2) is 68.7 Å². The number of esters is 2. The van der Waals surface area contributed by atoms with Gasteiger partial charge in [-0.2, -0.15) is 0 Å². The smallest absolute Gasteiger partial charge is 0.336 e. The number of carbonyl (C=O) groups is 2. The first-order chi connectivity index (χ1) is 15.5. The third kappa shape index (κ3) is 6.60. The van der Waals surface area contributed by atoms with E-state index in [2.05, 4.69) is 10.2 Å². The molecule has 3 rings (SSSR count). The molecule has 2 aliphatic rings. The number of thioether (sulfide) groups is 1. The molecule has 174 valence electrons. The number of nitrogens with one attached hydrogen (secondary N) is 1. The number of carbonyl (C=O) groups excluding carboxylic acids is 2. The maximum atomic E-state index is 12.8. The molecule has 7 nitrogen and oxygen atoms in total. The van der Waals surface area contributed by atoms with Crippen LogP contribution in [-0.2, 0) is 23.8 Å². The lowest BCUT2D eigenvalue weighted by atomic mass is 9.87. The fourth-order valence-electron chi connectivity index (χ4n) is 3.93. The monoisotopic (exact) mass is 460 g/mol. The molecule has 0 radical (unpaired) electrons. The van der Waals surface area contributed by atoms with Crippen LogP contribution in [0.5, 0.6) is 0 Å². The lowest BCUT2D eigenvalue weighted by molar-refractivity contribution is -0.140. The molecule has 1 saturated heterocycles. The number of hydrogen-bond acceptors (Lipinski definition) is 8. The van der Waals surface area contributed by atoms with Crippen LogP contribution in [0.25, 0.3) is 0 Å². The van der Waals surface area contributed by atoms with Crippen molar-refractivity contribution in [1.29, 1.82) is 0 Å². The molecule has 2 heterocycles. The first-order valence-corrected chi connectivity index (χ1v) is 12.0. The Morgan fingerprint density at radius 2 is 1.62 bits per heavy atom. The summed E-state index contributed by atoms with van der Waals surface area (Å²) in [6, 6.07) is 9.98. The standard InChI is InChI=1S/C24H32N2O5S/c1-17-21(23(27)30-14-11-26-9-12-29-13-10-26)18(2)25-19(3)22(17)24(28)31-15-16-32-20-7-5-4-6-8-20/h4-8,17,25H,9-16H2,1-3H3. The van der Waals surface area contributed by atoms with E-state index in [4.69, 9.17) is 14.2 Å². The highest BCUT2D eigenvalue weighted by Gasteiger charge is 2.34. The van der Waals surface area contributed by atoms with E-state index >= 15 is 0 Å². The minimum Gasteiger partial charge on any atom is -0.461 e. The molecular formula is C24H32N2O5S. The van der Waals surface area contributed by atoms with Crippen molar-refractivity contribution >= 4 is 23.7 Å². The fraction of sp³-hybridized carbons (Fsp3) is 0.500. The summed E-state index contributed by atoms with van der Waals surface area (Å²) in [5.41, 5.74) is 2.37. The van der Waals surface area contributed by atoms with E-state index < -0.39 is 17.9 Å². The zero-order valence-electron chi connectivity index (χ0n) is 19.0. The second kappa shape index (κ2) is 12.1. The highest BCUT2D eigenvalue weighted by Crippen LogP contribution is 2.31. The molecule has 1 fully saturated rings. The van der Waals surface area contributed by atoms with Crippen LogP contribution in [0, 0.1) is 5.92 Å². The highest BCUT2D eigenvalue weighted by molar-refractivity contribution is 7.99. The van der Waals surface area contributed by atoms with E-state index in [1.54, 1.807) is 11.8 Å². The number of morpholine rings is 1. The fourth-order valence-corrected chi connectivity index (χ4v) is 4.68. The van der Waals surface area contributed by atoms with Gasteiger partial charge in [0.2, 0.25) is 0 Å². The van der Waals surface area contributed by atoms with Crippen LogP contribution in [0.3, 0.4) is 0 Å². The largest absolute Gasteiger partial charge is 0.461 e. The first-order valence-electron chi connectivity index (χ1n) is 11.0. The van der Waals surface area contributed by atoms with Gasteiger partial charge in [-0.3, -0.25) is 4.90 Å². The molecule has 0 aromatic heterocycles. The SMILES string of the molecule is CC1=C(C(=O)OCCSc2ccccc2)C(C)C(C(=O)OCCN2CCOCC2)=C(C)N1. The van der Waals surface area contributed by atoms with Crippen LogP contribution >= 0.6 is 11.8 Å². The maximum absolute atomic E-state index is 12.8. The second-order valence-electron chi connectivity index (χ2n) is 7.81. The molecule has 0 spiro atoms. The zero-order chi connectivity index (χ0) is 22.9. The molecule has 8 heteroatoms. The molecule has 0 saturated carbocycles. The summed E-state index contributed by atoms with van der Waals surface area (Å²) in [6.07, 6.45) is 0. The lowest BCUT2D eigenvalue weighted by Crippen LogP contribution is -2.39. The summed E-state index contributed by atoms with van der Waals surface area (Å²) < 4.78 is 16.4. The van der Waals surface area contributed by atoms with Crippen molar-refractivity contribution in [3.05, 3.63) is 52.9 Å². The lowest BCUT2D eigenvalue weighted by Gasteiger charge is -2.29. The van der Waals surface area contributed by atoms with Crippen molar-refractivity contribution in [3.8, 4) is 0 Å². The Morgan fingerprint density at radius 1 is 1.03 bits per heavy atom. The molecule has 0 aliphatic carbocycles. The van der Waals surface area contributed by atoms with Crippen LogP contribution in [0.15, 0.2) is 57.8 Å². The van der Waals surface area contributed by atoms with E-state index in [-0.39, 0.29) is 0 Å². The number of ether oxygens (including phenoxy) is 3. The summed E-state index contributed by atoms with van der Waals surface area (Å²) in [5, 5.41) is 3.15. The van der Waals surface area contributed by atoms with Crippen LogP contribution in [0.2, 0.25) is 0 Å². The van der Waals surface area contributed by atoms with Gasteiger partial charge in [0.1, 0.15) is 13.2 Å². The second-order valence-corrected chi connectivity index (χ2v) is 8.98. The number of nitrogens with zero attached hydrogens (tertiary/aromatic N) is 1. The molecule has 1 atom stereocenters. The number of benzene rings is 1. The van der Waals surface area contributed by atoms with Gasteiger partial charge >= 0.3 is 11.9 Å². The average molecular weight is 461 g/mol. The van der Waals surface area contributed by atoms with Crippen molar-refractivity contribution in [2.24, 2.45) is 5.92 Å². The number of dihydropyridines is 1. The van der Waals surface area contributed by atoms with Crippen molar-refractivity contribution in [2.45, 2.75) is 25.7 Å². The molecular weight excluding hydrogens is 428 g/mol. The molecule has 1 aromatic rings. The Kier molecular flexibility index (Phi) is 9.20. The molecule has 0 amide bonds. The van der Waals surface area contributed by atoms with Gasteiger partial charge in [-0.1, -0.05) is 25.1 Å². The minimum absolute atomic E-state index is 0.296. The topological polar surface area (TPSA) is 77.1 Å². The number of rotatable bonds is 9. The zero-order valence-corrected chi connectivity index (χ0v) is 19.8.